The Morgan fingerprint density at radius 3 is 2.15 bits per heavy atom. The minimum atomic E-state index is 0. The van der Waals surface area contributed by atoms with Gasteiger partial charge >= 0.3 is 21.1 Å². The van der Waals surface area contributed by atoms with Crippen LogP contribution in [-0.4, -0.2) is 30.1 Å². The van der Waals surface area contributed by atoms with E-state index in [0.717, 1.165) is 6.54 Å². The zero-order chi connectivity index (χ0) is 7.56. The van der Waals surface area contributed by atoms with Crippen LogP contribution in [0.4, 0.5) is 0 Å². The Bertz CT molecular complexity index is 116. The van der Waals surface area contributed by atoms with Gasteiger partial charge in [0.1, 0.15) is 0 Å². The summed E-state index contributed by atoms with van der Waals surface area (Å²) in [7, 11) is 0. The zero-order valence-corrected chi connectivity index (χ0v) is 11.9. The van der Waals surface area contributed by atoms with E-state index in [0.29, 0.717) is 12.1 Å². The maximum absolute atomic E-state index is 5.91. The molecule has 0 radical (unpaired) electrons. The average Bonchev–Trinajstić information content (AvgIpc) is 2.30. The molecule has 2 atom stereocenters. The van der Waals surface area contributed by atoms with Crippen LogP contribution in [0.15, 0.2) is 0 Å². The van der Waals surface area contributed by atoms with Crippen LogP contribution in [0.2, 0.25) is 0 Å². The first kappa shape index (κ1) is 19.7. The van der Waals surface area contributed by atoms with Gasteiger partial charge in [0.2, 0.25) is 0 Å². The van der Waals surface area contributed by atoms with Gasteiger partial charge in [0.05, 0.1) is 0 Å². The molecule has 1 fully saturated rings. The number of hydrogen-bond donors (Lipinski definition) is 1. The van der Waals surface area contributed by atoms with Gasteiger partial charge in [0.25, 0.3) is 0 Å². The number of rotatable bonds is 2. The normalized spacial score (nSPS) is 27.0. The zero-order valence-electron chi connectivity index (χ0n) is 8.08. The van der Waals surface area contributed by atoms with Crippen molar-refractivity contribution in [3.05, 3.63) is 0 Å². The van der Waals surface area contributed by atoms with Crippen LogP contribution in [0.3, 0.4) is 0 Å². The number of likely N-dealkylation sites (tertiary alicyclic amines) is 1. The van der Waals surface area contributed by atoms with Gasteiger partial charge in [-0.15, -0.1) is 0 Å². The standard InChI is InChI=1S/C8H18N2.2ClH.Pt/c1-3-8-7(9)5-6-10(8)4-2;;;/h7-8H,3-6,9H2,1-2H3;2*1H;/q;;;+2/p-2. The molecule has 1 heterocycles. The van der Waals surface area contributed by atoms with E-state index in [9.17, 15) is 0 Å². The van der Waals surface area contributed by atoms with Gasteiger partial charge in [-0.1, -0.05) is 13.8 Å². The predicted molar refractivity (Wildman–Crippen MR) is 43.9 cm³/mol. The van der Waals surface area contributed by atoms with Crippen molar-refractivity contribution in [2.45, 2.75) is 38.8 Å². The van der Waals surface area contributed by atoms with Gasteiger partial charge in [-0.2, -0.15) is 0 Å². The molecule has 0 amide bonds. The van der Waals surface area contributed by atoms with E-state index in [4.69, 9.17) is 5.73 Å². The molecule has 2 unspecified atom stereocenters. The summed E-state index contributed by atoms with van der Waals surface area (Å²) in [4.78, 5) is 2.48. The minimum absolute atomic E-state index is 0. The second-order valence-corrected chi connectivity index (χ2v) is 3.06. The number of halogens is 2. The van der Waals surface area contributed by atoms with Crippen molar-refractivity contribution < 1.29 is 45.9 Å². The van der Waals surface area contributed by atoms with Gasteiger partial charge in [-0.3, -0.25) is 4.90 Å². The van der Waals surface area contributed by atoms with Crippen molar-refractivity contribution in [1.82, 2.24) is 4.90 Å². The molecule has 2 nitrogen and oxygen atoms in total. The van der Waals surface area contributed by atoms with Crippen molar-refractivity contribution in [2.75, 3.05) is 13.1 Å². The molecule has 5 heteroatoms. The van der Waals surface area contributed by atoms with E-state index >= 15 is 0 Å². The van der Waals surface area contributed by atoms with Crippen molar-refractivity contribution in [3.8, 4) is 0 Å². The van der Waals surface area contributed by atoms with E-state index in [2.05, 4.69) is 18.7 Å². The summed E-state index contributed by atoms with van der Waals surface area (Å²) in [5, 5.41) is 0. The number of nitrogens with two attached hydrogens (primary N) is 1. The number of hydrogen-bond acceptors (Lipinski definition) is 2. The summed E-state index contributed by atoms with van der Waals surface area (Å²) in [6, 6.07) is 1.09. The first-order valence-electron chi connectivity index (χ1n) is 4.29. The maximum Gasteiger partial charge on any atom is 2.00 e. The topological polar surface area (TPSA) is 29.3 Å². The van der Waals surface area contributed by atoms with Gasteiger partial charge in [0.15, 0.2) is 0 Å². The minimum Gasteiger partial charge on any atom is -1.00 e. The predicted octanol–water partition coefficient (Wildman–Crippen LogP) is -5.18. The van der Waals surface area contributed by atoms with Crippen LogP contribution < -0.4 is 30.5 Å². The maximum atomic E-state index is 5.91. The molecule has 0 aromatic rings. The summed E-state index contributed by atoms with van der Waals surface area (Å²) >= 11 is 0. The van der Waals surface area contributed by atoms with Gasteiger partial charge < -0.3 is 30.5 Å². The van der Waals surface area contributed by atoms with Crippen LogP contribution >= 0.6 is 0 Å². The van der Waals surface area contributed by atoms with Gasteiger partial charge in [0, 0.05) is 18.6 Å². The van der Waals surface area contributed by atoms with E-state index in [1.54, 1.807) is 0 Å². The average molecular weight is 408 g/mol. The van der Waals surface area contributed by atoms with E-state index in [1.165, 1.54) is 19.4 Å². The third-order valence-electron chi connectivity index (χ3n) is 2.54. The molecule has 2 N–H and O–H groups in total. The van der Waals surface area contributed by atoms with Gasteiger partial charge in [-0.25, -0.2) is 0 Å². The molecule has 84 valence electrons. The Morgan fingerprint density at radius 1 is 1.31 bits per heavy atom. The third-order valence-corrected chi connectivity index (χ3v) is 2.54. The molecule has 1 saturated heterocycles. The molecule has 0 aliphatic carbocycles. The van der Waals surface area contributed by atoms with E-state index in [1.807, 2.05) is 0 Å². The summed E-state index contributed by atoms with van der Waals surface area (Å²) in [6.07, 6.45) is 2.39. The monoisotopic (exact) mass is 407 g/mol. The molecule has 1 aliphatic heterocycles. The van der Waals surface area contributed by atoms with Crippen LogP contribution in [-0.2, 0) is 21.1 Å². The molecule has 1 rings (SSSR count). The van der Waals surface area contributed by atoms with Crippen molar-refractivity contribution in [3.63, 3.8) is 0 Å². The Balaban J connectivity index is -0.000000333. The fourth-order valence-electron chi connectivity index (χ4n) is 1.90. The van der Waals surface area contributed by atoms with Crippen molar-refractivity contribution in [1.29, 1.82) is 0 Å². The fourth-order valence-corrected chi connectivity index (χ4v) is 1.90. The molecule has 0 saturated carbocycles. The summed E-state index contributed by atoms with van der Waals surface area (Å²) < 4.78 is 0. The molecule has 0 spiro atoms. The molecule has 1 aliphatic rings. The quantitative estimate of drug-likeness (QED) is 0.496. The first-order chi connectivity index (χ1) is 4.79. The molecular weight excluding hydrogens is 390 g/mol. The smallest absolute Gasteiger partial charge is 1.00 e. The van der Waals surface area contributed by atoms with E-state index in [-0.39, 0.29) is 45.9 Å². The van der Waals surface area contributed by atoms with Crippen LogP contribution in [0.5, 0.6) is 0 Å². The number of likely N-dealkylation sites (N-methyl/N-ethyl adjacent to an activating group) is 1. The first-order valence-corrected chi connectivity index (χ1v) is 4.29. The van der Waals surface area contributed by atoms with Crippen LogP contribution in [0, 0.1) is 0 Å². The summed E-state index contributed by atoms with van der Waals surface area (Å²) in [6.45, 7) is 6.79. The van der Waals surface area contributed by atoms with Crippen LogP contribution in [0.1, 0.15) is 26.7 Å². The van der Waals surface area contributed by atoms with Crippen LogP contribution in [0.25, 0.3) is 0 Å². The summed E-state index contributed by atoms with van der Waals surface area (Å²) in [5.74, 6) is 0. The van der Waals surface area contributed by atoms with Gasteiger partial charge in [-0.05, 0) is 19.4 Å². The van der Waals surface area contributed by atoms with E-state index < -0.39 is 0 Å². The fraction of sp³-hybridized carbons (Fsp3) is 1.00. The molecule has 13 heavy (non-hydrogen) atoms. The molecule has 0 aromatic heterocycles. The second-order valence-electron chi connectivity index (χ2n) is 3.06. The molecular formula is C8H18Cl2N2Pt. The third kappa shape index (κ3) is 4.99. The number of nitrogens with zero attached hydrogens (tertiary/aromatic N) is 1. The van der Waals surface area contributed by atoms with Crippen molar-refractivity contribution in [2.24, 2.45) is 5.73 Å². The van der Waals surface area contributed by atoms with Crippen molar-refractivity contribution >= 4 is 0 Å². The second kappa shape index (κ2) is 9.73. The SMILES string of the molecule is CCC1C(N)CCN1CC.[Cl-].[Cl-].[Pt+2]. The Morgan fingerprint density at radius 2 is 1.85 bits per heavy atom. The Hall–Kier alpha value is 1.19. The Kier molecular flexibility index (Phi) is 14.8. The Labute approximate surface area is 108 Å². The summed E-state index contributed by atoms with van der Waals surface area (Å²) in [5.41, 5.74) is 5.91. The largest absolute Gasteiger partial charge is 2.00 e. The molecule has 0 aromatic carbocycles. The molecule has 0 bridgehead atoms.